The lowest BCUT2D eigenvalue weighted by atomic mass is 10.1. The summed E-state index contributed by atoms with van der Waals surface area (Å²) in [7, 11) is 0. The van der Waals surface area contributed by atoms with Crippen LogP contribution < -0.4 is 0 Å². The molecule has 0 N–H and O–H groups in total. The molecule has 2 unspecified atom stereocenters. The quantitative estimate of drug-likeness (QED) is 0.701. The predicted octanol–water partition coefficient (Wildman–Crippen LogP) is 1.93. The predicted molar refractivity (Wildman–Crippen MR) is 70.9 cm³/mol. The molecule has 0 saturated carbocycles. The fraction of sp³-hybridized carbons (Fsp3) is 0.583. The van der Waals surface area contributed by atoms with Gasteiger partial charge in [-0.2, -0.15) is 0 Å². The fourth-order valence-corrected chi connectivity index (χ4v) is 6.54. The van der Waals surface area contributed by atoms with Crippen molar-refractivity contribution in [1.82, 2.24) is 4.90 Å². The van der Waals surface area contributed by atoms with Gasteiger partial charge in [-0.05, 0) is 12.5 Å². The number of fused-ring (bicyclic) bond motifs is 3. The molecule has 2 atom stereocenters. The highest BCUT2D eigenvalue weighted by molar-refractivity contribution is 8.21. The van der Waals surface area contributed by atoms with Crippen molar-refractivity contribution in [2.45, 2.75) is 22.6 Å². The molecule has 0 aromatic carbocycles. The van der Waals surface area contributed by atoms with Gasteiger partial charge >= 0.3 is 0 Å². The van der Waals surface area contributed by atoms with Crippen LogP contribution in [0.4, 0.5) is 0 Å². The third-order valence-corrected chi connectivity index (χ3v) is 7.08. The Balaban J connectivity index is 1.97. The van der Waals surface area contributed by atoms with Crippen LogP contribution in [0.25, 0.3) is 0 Å². The second kappa shape index (κ2) is 3.93. The Bertz CT molecular complexity index is 360. The van der Waals surface area contributed by atoms with Gasteiger partial charge in [0.2, 0.25) is 0 Å². The largest absolute Gasteiger partial charge is 0.293 e. The minimum Gasteiger partial charge on any atom is -0.293 e. The van der Waals surface area contributed by atoms with Crippen LogP contribution in [-0.4, -0.2) is 44.9 Å². The van der Waals surface area contributed by atoms with E-state index in [1.807, 2.05) is 29.6 Å². The zero-order chi connectivity index (χ0) is 11.2. The molecule has 0 aromatic rings. The van der Waals surface area contributed by atoms with Gasteiger partial charge in [0.25, 0.3) is 0 Å². The highest BCUT2D eigenvalue weighted by atomic mass is 32.2. The summed E-state index contributed by atoms with van der Waals surface area (Å²) < 4.78 is 0.133. The van der Waals surface area contributed by atoms with Crippen LogP contribution in [0.3, 0.4) is 0 Å². The summed E-state index contributed by atoms with van der Waals surface area (Å²) in [6, 6.07) is 0.525. The minimum atomic E-state index is 0.0815. The second-order valence-corrected chi connectivity index (χ2v) is 7.54. The van der Waals surface area contributed by atoms with Gasteiger partial charge in [0, 0.05) is 24.1 Å². The van der Waals surface area contributed by atoms with Crippen LogP contribution in [0.5, 0.6) is 0 Å². The summed E-state index contributed by atoms with van der Waals surface area (Å²) in [4.78, 5) is 14.4. The highest BCUT2D eigenvalue weighted by Gasteiger charge is 2.57. The van der Waals surface area contributed by atoms with Crippen molar-refractivity contribution >= 4 is 29.3 Å². The van der Waals surface area contributed by atoms with Gasteiger partial charge < -0.3 is 0 Å². The number of thioether (sulfide) groups is 2. The first kappa shape index (κ1) is 10.9. The highest BCUT2D eigenvalue weighted by Crippen LogP contribution is 2.56. The van der Waals surface area contributed by atoms with E-state index >= 15 is 0 Å². The van der Waals surface area contributed by atoms with Crippen molar-refractivity contribution in [3.05, 3.63) is 24.8 Å². The zero-order valence-corrected chi connectivity index (χ0v) is 10.7. The van der Waals surface area contributed by atoms with E-state index < -0.39 is 0 Å². The number of carbonyl (C=O) groups is 1. The third-order valence-electron chi connectivity index (χ3n) is 3.54. The molecule has 3 aliphatic heterocycles. The molecule has 0 radical (unpaired) electrons. The van der Waals surface area contributed by atoms with E-state index in [2.05, 4.69) is 17.6 Å². The number of rotatable bonds is 2. The minimum absolute atomic E-state index is 0.0815. The molecule has 3 heterocycles. The molecular weight excluding hydrogens is 238 g/mol. The number of hydrogen-bond donors (Lipinski definition) is 0. The Labute approximate surface area is 105 Å². The van der Waals surface area contributed by atoms with Crippen molar-refractivity contribution < 1.29 is 4.79 Å². The zero-order valence-electron chi connectivity index (χ0n) is 9.09. The molecule has 16 heavy (non-hydrogen) atoms. The SMILES string of the molecule is C=CCN1C2C=CC(=O)C1C1(C2)SCCS1. The molecule has 4 heteroatoms. The Hall–Kier alpha value is -0.190. The van der Waals surface area contributed by atoms with Gasteiger partial charge in [0.05, 0.1) is 10.1 Å². The number of hydrogen-bond acceptors (Lipinski definition) is 4. The van der Waals surface area contributed by atoms with E-state index in [4.69, 9.17) is 0 Å². The summed E-state index contributed by atoms with van der Waals surface area (Å²) in [5.41, 5.74) is 0. The van der Waals surface area contributed by atoms with E-state index in [-0.39, 0.29) is 15.9 Å². The Morgan fingerprint density at radius 3 is 3.00 bits per heavy atom. The molecule has 3 aliphatic rings. The van der Waals surface area contributed by atoms with Crippen LogP contribution >= 0.6 is 23.5 Å². The summed E-state index contributed by atoms with van der Waals surface area (Å²) in [6.07, 6.45) is 6.90. The smallest absolute Gasteiger partial charge is 0.174 e. The molecular formula is C12H15NOS2. The first-order valence-electron chi connectivity index (χ1n) is 5.63. The Kier molecular flexibility index (Phi) is 2.68. The lowest BCUT2D eigenvalue weighted by molar-refractivity contribution is -0.119. The van der Waals surface area contributed by atoms with Crippen molar-refractivity contribution in [3.8, 4) is 0 Å². The van der Waals surface area contributed by atoms with E-state index in [9.17, 15) is 4.79 Å². The molecule has 2 bridgehead atoms. The van der Waals surface area contributed by atoms with Crippen molar-refractivity contribution in [3.63, 3.8) is 0 Å². The van der Waals surface area contributed by atoms with Gasteiger partial charge in [-0.1, -0.05) is 12.2 Å². The molecule has 2 fully saturated rings. The van der Waals surface area contributed by atoms with E-state index in [1.165, 1.54) is 11.5 Å². The first-order valence-corrected chi connectivity index (χ1v) is 7.60. The lowest BCUT2D eigenvalue weighted by Crippen LogP contribution is -2.48. The first-order chi connectivity index (χ1) is 7.77. The summed E-state index contributed by atoms with van der Waals surface area (Å²) >= 11 is 3.98. The van der Waals surface area contributed by atoms with Gasteiger partial charge in [-0.3, -0.25) is 9.69 Å². The molecule has 0 aliphatic carbocycles. The van der Waals surface area contributed by atoms with Gasteiger partial charge in [-0.15, -0.1) is 30.1 Å². The monoisotopic (exact) mass is 253 g/mol. The van der Waals surface area contributed by atoms with Gasteiger partial charge in [-0.25, -0.2) is 0 Å². The van der Waals surface area contributed by atoms with E-state index in [1.54, 1.807) is 6.08 Å². The number of nitrogens with zero attached hydrogens (tertiary/aromatic N) is 1. The van der Waals surface area contributed by atoms with Crippen LogP contribution in [0.15, 0.2) is 24.8 Å². The van der Waals surface area contributed by atoms with Crippen molar-refractivity contribution in [2.24, 2.45) is 0 Å². The topological polar surface area (TPSA) is 20.3 Å². The number of ketones is 1. The molecule has 86 valence electrons. The molecule has 0 aromatic heterocycles. The van der Waals surface area contributed by atoms with Crippen molar-refractivity contribution in [2.75, 3.05) is 18.1 Å². The molecule has 0 amide bonds. The molecule has 1 spiro atoms. The standard InChI is InChI=1S/C12H15NOS2/c1-2-5-13-9-3-4-10(14)11(13)12(8-9)15-6-7-16-12/h2-4,9,11H,1,5-8H2. The Morgan fingerprint density at radius 2 is 2.31 bits per heavy atom. The summed E-state index contributed by atoms with van der Waals surface area (Å²) in [6.45, 7) is 4.63. The normalized spacial score (nSPS) is 36.1. The van der Waals surface area contributed by atoms with Crippen LogP contribution in [0.2, 0.25) is 0 Å². The van der Waals surface area contributed by atoms with E-state index in [0.717, 1.165) is 13.0 Å². The average Bonchev–Trinajstić information content (AvgIpc) is 2.79. The summed E-state index contributed by atoms with van der Waals surface area (Å²) in [5.74, 6) is 2.66. The molecule has 3 rings (SSSR count). The Morgan fingerprint density at radius 1 is 1.56 bits per heavy atom. The molecule has 2 saturated heterocycles. The van der Waals surface area contributed by atoms with Crippen molar-refractivity contribution in [1.29, 1.82) is 0 Å². The maximum absolute atomic E-state index is 12.1. The third kappa shape index (κ3) is 1.43. The van der Waals surface area contributed by atoms with Crippen LogP contribution in [0, 0.1) is 0 Å². The maximum Gasteiger partial charge on any atom is 0.174 e. The molecule has 2 nitrogen and oxygen atoms in total. The second-order valence-electron chi connectivity index (χ2n) is 4.43. The van der Waals surface area contributed by atoms with Gasteiger partial charge in [0.1, 0.15) is 0 Å². The maximum atomic E-state index is 12.1. The van der Waals surface area contributed by atoms with Crippen LogP contribution in [0.1, 0.15) is 6.42 Å². The average molecular weight is 253 g/mol. The van der Waals surface area contributed by atoms with E-state index in [0.29, 0.717) is 6.04 Å². The summed E-state index contributed by atoms with van der Waals surface area (Å²) in [5, 5.41) is 0. The van der Waals surface area contributed by atoms with Gasteiger partial charge in [0.15, 0.2) is 5.78 Å². The number of carbonyl (C=O) groups excluding carboxylic acids is 1. The lowest BCUT2D eigenvalue weighted by Gasteiger charge is -2.33. The fourth-order valence-electron chi connectivity index (χ4n) is 2.96. The van der Waals surface area contributed by atoms with Crippen LogP contribution in [-0.2, 0) is 4.79 Å².